The van der Waals surface area contributed by atoms with E-state index >= 15 is 0 Å². The van der Waals surface area contributed by atoms with Gasteiger partial charge in [0.25, 0.3) is 0 Å². The topological polar surface area (TPSA) is 3.24 Å². The number of benzene rings is 6. The molecule has 0 aliphatic heterocycles. The summed E-state index contributed by atoms with van der Waals surface area (Å²) in [5.41, 5.74) is 15.0. The Morgan fingerprint density at radius 2 is 1.11 bits per heavy atom. The highest BCUT2D eigenvalue weighted by atomic mass is 15.1. The van der Waals surface area contributed by atoms with E-state index in [1.807, 2.05) is 12.2 Å². The van der Waals surface area contributed by atoms with Gasteiger partial charge < -0.3 is 4.90 Å². The maximum absolute atomic E-state index is 4.30. The van der Waals surface area contributed by atoms with Crippen LogP contribution in [0.2, 0.25) is 0 Å². The maximum Gasteiger partial charge on any atom is 0.0468 e. The van der Waals surface area contributed by atoms with Crippen LogP contribution in [0.4, 0.5) is 17.1 Å². The minimum absolute atomic E-state index is 1.02. The predicted octanol–water partition coefficient (Wildman–Crippen LogP) is 13.2. The summed E-state index contributed by atoms with van der Waals surface area (Å²) in [6, 6.07) is 54.1. The minimum atomic E-state index is 1.02. The molecule has 0 heterocycles. The van der Waals surface area contributed by atoms with Crippen LogP contribution >= 0.6 is 0 Å². The first-order chi connectivity index (χ1) is 23.0. The molecular weight excluding hydrogens is 567 g/mol. The van der Waals surface area contributed by atoms with E-state index in [4.69, 9.17) is 0 Å². The molecule has 0 aromatic heterocycles. The van der Waals surface area contributed by atoms with Gasteiger partial charge in [-0.15, -0.1) is 0 Å². The van der Waals surface area contributed by atoms with Gasteiger partial charge in [0, 0.05) is 17.1 Å². The third kappa shape index (κ3) is 6.85. The zero-order chi connectivity index (χ0) is 32.6. The van der Waals surface area contributed by atoms with E-state index in [1.165, 1.54) is 44.5 Å². The number of para-hydroxylation sites is 1. The van der Waals surface area contributed by atoms with E-state index in [0.717, 1.165) is 28.2 Å². The summed E-state index contributed by atoms with van der Waals surface area (Å²) in [5, 5.41) is 0. The summed E-state index contributed by atoms with van der Waals surface area (Å²) < 4.78 is 0. The molecule has 0 aliphatic carbocycles. The van der Waals surface area contributed by atoms with Crippen LogP contribution in [-0.2, 0) is 0 Å². The lowest BCUT2D eigenvalue weighted by Gasteiger charge is -2.27. The summed E-state index contributed by atoms with van der Waals surface area (Å²) in [4.78, 5) is 2.34. The van der Waals surface area contributed by atoms with Crippen LogP contribution in [-0.4, -0.2) is 0 Å². The molecule has 228 valence electrons. The molecule has 6 rings (SSSR count). The minimum Gasteiger partial charge on any atom is -0.310 e. The fourth-order valence-corrected chi connectivity index (χ4v) is 6.13. The van der Waals surface area contributed by atoms with Crippen molar-refractivity contribution in [1.82, 2.24) is 0 Å². The second-order valence-corrected chi connectivity index (χ2v) is 11.6. The van der Waals surface area contributed by atoms with Crippen LogP contribution < -0.4 is 4.90 Å². The van der Waals surface area contributed by atoms with Crippen molar-refractivity contribution >= 4 is 22.6 Å². The summed E-state index contributed by atoms with van der Waals surface area (Å²) in [7, 11) is 0. The van der Waals surface area contributed by atoms with E-state index in [-0.39, 0.29) is 0 Å². The van der Waals surface area contributed by atoms with E-state index in [2.05, 4.69) is 190 Å². The van der Waals surface area contributed by atoms with E-state index in [1.54, 1.807) is 6.08 Å². The quantitative estimate of drug-likeness (QED) is 0.140. The van der Waals surface area contributed by atoms with E-state index < -0.39 is 0 Å². The van der Waals surface area contributed by atoms with Crippen molar-refractivity contribution in [2.45, 2.75) is 13.8 Å². The smallest absolute Gasteiger partial charge is 0.0468 e. The van der Waals surface area contributed by atoms with Gasteiger partial charge in [-0.05, 0) is 100 Å². The number of allylic oxidation sites excluding steroid dienone is 6. The van der Waals surface area contributed by atoms with Crippen LogP contribution in [0.1, 0.15) is 18.1 Å². The highest BCUT2D eigenvalue weighted by molar-refractivity contribution is 5.92. The number of hydrogen-bond acceptors (Lipinski definition) is 1. The molecule has 0 radical (unpaired) electrons. The molecule has 1 nitrogen and oxygen atoms in total. The number of nitrogens with zero attached hydrogens (tertiary/aromatic N) is 1. The van der Waals surface area contributed by atoms with Crippen molar-refractivity contribution in [3.05, 3.63) is 206 Å². The Morgan fingerprint density at radius 1 is 0.532 bits per heavy atom. The standard InChI is InChI=1S/C46H39N/c1-5-6-10-24-42(34(2)3)43-25-17-26-44(35(43)4)45-32-31-41(33-46(45)38-20-13-8-14-21-38)47(39-22-15-9-16-23-39)40-29-27-37(28-30-40)36-18-11-7-12-19-36/h5-33H,1-2H2,3-4H3/b10-6-,42-24+. The fourth-order valence-electron chi connectivity index (χ4n) is 6.13. The highest BCUT2D eigenvalue weighted by Gasteiger charge is 2.18. The Morgan fingerprint density at radius 3 is 1.74 bits per heavy atom. The molecule has 0 N–H and O–H groups in total. The Bertz CT molecular complexity index is 2050. The van der Waals surface area contributed by atoms with Gasteiger partial charge in [0.05, 0.1) is 0 Å². The molecule has 0 aliphatic rings. The van der Waals surface area contributed by atoms with Gasteiger partial charge in [-0.3, -0.25) is 0 Å². The van der Waals surface area contributed by atoms with Crippen molar-refractivity contribution in [3.8, 4) is 33.4 Å². The predicted molar refractivity (Wildman–Crippen MR) is 204 cm³/mol. The zero-order valence-corrected chi connectivity index (χ0v) is 27.1. The van der Waals surface area contributed by atoms with Crippen molar-refractivity contribution in [3.63, 3.8) is 0 Å². The Hall–Kier alpha value is -5.92. The first kappa shape index (κ1) is 31.1. The van der Waals surface area contributed by atoms with E-state index in [9.17, 15) is 0 Å². The Balaban J connectivity index is 1.51. The average molecular weight is 606 g/mol. The van der Waals surface area contributed by atoms with Crippen LogP contribution in [0, 0.1) is 6.92 Å². The molecule has 6 aromatic carbocycles. The molecular formula is C46H39N. The van der Waals surface area contributed by atoms with Gasteiger partial charge in [0.15, 0.2) is 0 Å². The van der Waals surface area contributed by atoms with Gasteiger partial charge >= 0.3 is 0 Å². The lowest BCUT2D eigenvalue weighted by molar-refractivity contribution is 1.28. The first-order valence-electron chi connectivity index (χ1n) is 16.0. The summed E-state index contributed by atoms with van der Waals surface area (Å²) in [6.07, 6.45) is 7.89. The van der Waals surface area contributed by atoms with Crippen LogP contribution in [0.25, 0.3) is 39.0 Å². The molecule has 0 fully saturated rings. The monoisotopic (exact) mass is 605 g/mol. The lowest BCUT2D eigenvalue weighted by Crippen LogP contribution is -2.10. The molecule has 0 amide bonds. The summed E-state index contributed by atoms with van der Waals surface area (Å²) in [5.74, 6) is 0. The second kappa shape index (κ2) is 14.5. The van der Waals surface area contributed by atoms with E-state index in [0.29, 0.717) is 0 Å². The third-order valence-electron chi connectivity index (χ3n) is 8.48. The van der Waals surface area contributed by atoms with Gasteiger partial charge in [-0.2, -0.15) is 0 Å². The van der Waals surface area contributed by atoms with Gasteiger partial charge in [0.2, 0.25) is 0 Å². The largest absolute Gasteiger partial charge is 0.310 e. The van der Waals surface area contributed by atoms with Crippen molar-refractivity contribution in [1.29, 1.82) is 0 Å². The van der Waals surface area contributed by atoms with Crippen LogP contribution in [0.15, 0.2) is 195 Å². The molecule has 0 unspecified atom stereocenters. The summed E-state index contributed by atoms with van der Waals surface area (Å²) in [6.45, 7) is 12.4. The molecule has 1 heteroatoms. The van der Waals surface area contributed by atoms with Crippen molar-refractivity contribution < 1.29 is 0 Å². The lowest BCUT2D eigenvalue weighted by atomic mass is 9.87. The molecule has 0 saturated carbocycles. The van der Waals surface area contributed by atoms with Gasteiger partial charge in [-0.25, -0.2) is 0 Å². The van der Waals surface area contributed by atoms with Gasteiger partial charge in [-0.1, -0.05) is 158 Å². The molecule has 47 heavy (non-hydrogen) atoms. The Kier molecular flexibility index (Phi) is 9.56. The highest BCUT2D eigenvalue weighted by Crippen LogP contribution is 2.42. The molecule has 6 aromatic rings. The molecule has 0 atom stereocenters. The zero-order valence-electron chi connectivity index (χ0n) is 27.1. The fraction of sp³-hybridized carbons (Fsp3) is 0.0435. The molecule has 0 bridgehead atoms. The summed E-state index contributed by atoms with van der Waals surface area (Å²) >= 11 is 0. The third-order valence-corrected chi connectivity index (χ3v) is 8.48. The van der Waals surface area contributed by atoms with Crippen LogP contribution in [0.3, 0.4) is 0 Å². The van der Waals surface area contributed by atoms with Gasteiger partial charge in [0.1, 0.15) is 0 Å². The van der Waals surface area contributed by atoms with Crippen LogP contribution in [0.5, 0.6) is 0 Å². The average Bonchev–Trinajstić information content (AvgIpc) is 3.12. The first-order valence-corrected chi connectivity index (χ1v) is 16.0. The molecule has 0 saturated heterocycles. The van der Waals surface area contributed by atoms with Crippen molar-refractivity contribution in [2.75, 3.05) is 4.90 Å². The number of rotatable bonds is 10. The second-order valence-electron chi connectivity index (χ2n) is 11.6. The maximum atomic E-state index is 4.30. The number of hydrogen-bond donors (Lipinski definition) is 0. The van der Waals surface area contributed by atoms with Crippen molar-refractivity contribution in [2.24, 2.45) is 0 Å². The SMILES string of the molecule is C=C/C=C\C=C(/C(=C)C)c1cccc(-c2ccc(N(c3ccccc3)c3ccc(-c4ccccc4)cc3)cc2-c2ccccc2)c1C. The number of anilines is 3. The normalized spacial score (nSPS) is 11.4. The molecule has 0 spiro atoms. The Labute approximate surface area is 279 Å².